The van der Waals surface area contributed by atoms with E-state index in [0.29, 0.717) is 19.0 Å². The van der Waals surface area contributed by atoms with Crippen molar-refractivity contribution in [2.45, 2.75) is 45.7 Å². The standard InChI is InChI=1S/C20H32ClN3O/c1-4-23(5-2)15-14-22(3)19-10-11-20(25)24(13-12-19)16-17-6-8-18(21)9-7-17/h6-9,19H,4-5,10-16H2,1-3H3. The Labute approximate surface area is 157 Å². The minimum Gasteiger partial charge on any atom is -0.338 e. The van der Waals surface area contributed by atoms with Crippen molar-refractivity contribution in [2.24, 2.45) is 0 Å². The van der Waals surface area contributed by atoms with Gasteiger partial charge in [0.05, 0.1) is 0 Å². The second-order valence-electron chi connectivity index (χ2n) is 6.93. The average Bonchev–Trinajstić information content (AvgIpc) is 2.80. The number of carbonyl (C=O) groups is 1. The summed E-state index contributed by atoms with van der Waals surface area (Å²) in [6, 6.07) is 8.30. The lowest BCUT2D eigenvalue weighted by atomic mass is 10.1. The van der Waals surface area contributed by atoms with E-state index in [1.807, 2.05) is 29.2 Å². The monoisotopic (exact) mass is 365 g/mol. The number of nitrogens with zero attached hydrogens (tertiary/aromatic N) is 3. The number of rotatable bonds is 8. The first-order valence-corrected chi connectivity index (χ1v) is 9.86. The summed E-state index contributed by atoms with van der Waals surface area (Å²) in [4.78, 5) is 19.4. The SMILES string of the molecule is CCN(CC)CCN(C)C1CCC(=O)N(Cc2ccc(Cl)cc2)CC1. The summed E-state index contributed by atoms with van der Waals surface area (Å²) in [6.45, 7) is 10.3. The molecule has 1 aromatic carbocycles. The van der Waals surface area contributed by atoms with Gasteiger partial charge in [-0.05, 0) is 50.7 Å². The topological polar surface area (TPSA) is 26.8 Å². The molecule has 1 atom stereocenters. The van der Waals surface area contributed by atoms with Crippen LogP contribution in [0, 0.1) is 0 Å². The van der Waals surface area contributed by atoms with Crippen molar-refractivity contribution in [1.29, 1.82) is 0 Å². The van der Waals surface area contributed by atoms with E-state index >= 15 is 0 Å². The zero-order valence-electron chi connectivity index (χ0n) is 15.9. The van der Waals surface area contributed by atoms with Gasteiger partial charge in [0, 0.05) is 43.7 Å². The van der Waals surface area contributed by atoms with Crippen LogP contribution in [0.3, 0.4) is 0 Å². The summed E-state index contributed by atoms with van der Waals surface area (Å²) in [6.07, 6.45) is 2.66. The van der Waals surface area contributed by atoms with Crippen molar-refractivity contribution in [1.82, 2.24) is 14.7 Å². The fraction of sp³-hybridized carbons (Fsp3) is 0.650. The van der Waals surface area contributed by atoms with Crippen LogP contribution in [-0.4, -0.2) is 66.4 Å². The number of halogens is 1. The number of likely N-dealkylation sites (tertiary alicyclic amines) is 1. The van der Waals surface area contributed by atoms with E-state index < -0.39 is 0 Å². The molecule has 1 unspecified atom stereocenters. The van der Waals surface area contributed by atoms with Gasteiger partial charge in [0.1, 0.15) is 0 Å². The second-order valence-corrected chi connectivity index (χ2v) is 7.37. The highest BCUT2D eigenvalue weighted by Gasteiger charge is 2.25. The largest absolute Gasteiger partial charge is 0.338 e. The molecule has 140 valence electrons. The van der Waals surface area contributed by atoms with E-state index in [0.717, 1.165) is 56.2 Å². The molecule has 1 amide bonds. The van der Waals surface area contributed by atoms with Crippen LogP contribution in [0.4, 0.5) is 0 Å². The lowest BCUT2D eigenvalue weighted by molar-refractivity contribution is -0.131. The van der Waals surface area contributed by atoms with Crippen LogP contribution in [0.1, 0.15) is 38.7 Å². The van der Waals surface area contributed by atoms with Crippen LogP contribution in [0.2, 0.25) is 5.02 Å². The maximum Gasteiger partial charge on any atom is 0.222 e. The Morgan fingerprint density at radius 3 is 2.44 bits per heavy atom. The lowest BCUT2D eigenvalue weighted by Crippen LogP contribution is -2.39. The summed E-state index contributed by atoms with van der Waals surface area (Å²) in [7, 11) is 2.20. The van der Waals surface area contributed by atoms with Crippen LogP contribution >= 0.6 is 11.6 Å². The molecule has 0 N–H and O–H groups in total. The van der Waals surface area contributed by atoms with E-state index in [2.05, 4.69) is 30.7 Å². The molecule has 0 aromatic heterocycles. The van der Waals surface area contributed by atoms with Gasteiger partial charge in [-0.3, -0.25) is 4.79 Å². The van der Waals surface area contributed by atoms with Gasteiger partial charge < -0.3 is 14.7 Å². The van der Waals surface area contributed by atoms with Gasteiger partial charge >= 0.3 is 0 Å². The highest BCUT2D eigenvalue weighted by molar-refractivity contribution is 6.30. The minimum atomic E-state index is 0.273. The smallest absolute Gasteiger partial charge is 0.222 e. The molecule has 1 aromatic rings. The van der Waals surface area contributed by atoms with Crippen LogP contribution < -0.4 is 0 Å². The first-order chi connectivity index (χ1) is 12.0. The third-order valence-electron chi connectivity index (χ3n) is 5.35. The van der Waals surface area contributed by atoms with E-state index in [1.54, 1.807) is 0 Å². The maximum atomic E-state index is 12.5. The molecule has 1 fully saturated rings. The molecular weight excluding hydrogens is 334 g/mol. The molecule has 2 rings (SSSR count). The van der Waals surface area contributed by atoms with Crippen molar-refractivity contribution in [3.05, 3.63) is 34.9 Å². The lowest BCUT2D eigenvalue weighted by Gasteiger charge is -2.29. The molecule has 0 spiro atoms. The first-order valence-electron chi connectivity index (χ1n) is 9.48. The molecular formula is C20H32ClN3O. The second kappa shape index (κ2) is 10.1. The van der Waals surface area contributed by atoms with Gasteiger partial charge in [-0.15, -0.1) is 0 Å². The van der Waals surface area contributed by atoms with Crippen LogP contribution in [0.5, 0.6) is 0 Å². The third kappa shape index (κ3) is 6.28. The molecule has 0 saturated carbocycles. The molecule has 1 saturated heterocycles. The molecule has 0 bridgehead atoms. The van der Waals surface area contributed by atoms with Crippen molar-refractivity contribution < 1.29 is 4.79 Å². The van der Waals surface area contributed by atoms with Crippen molar-refractivity contribution in [3.63, 3.8) is 0 Å². The third-order valence-corrected chi connectivity index (χ3v) is 5.60. The van der Waals surface area contributed by atoms with E-state index in [1.165, 1.54) is 0 Å². The van der Waals surface area contributed by atoms with E-state index in [4.69, 9.17) is 11.6 Å². The Morgan fingerprint density at radius 2 is 1.80 bits per heavy atom. The summed E-state index contributed by atoms with van der Waals surface area (Å²) >= 11 is 5.95. The Bertz CT molecular complexity index is 530. The zero-order valence-corrected chi connectivity index (χ0v) is 16.6. The van der Waals surface area contributed by atoms with Crippen LogP contribution in [0.15, 0.2) is 24.3 Å². The Hall–Kier alpha value is -1.10. The molecule has 5 heteroatoms. The van der Waals surface area contributed by atoms with Gasteiger partial charge in [0.15, 0.2) is 0 Å². The molecule has 0 radical (unpaired) electrons. The number of benzene rings is 1. The molecule has 1 heterocycles. The van der Waals surface area contributed by atoms with Gasteiger partial charge in [0.2, 0.25) is 5.91 Å². The quantitative estimate of drug-likeness (QED) is 0.705. The fourth-order valence-corrected chi connectivity index (χ4v) is 3.59. The zero-order chi connectivity index (χ0) is 18.2. The number of hydrogen-bond donors (Lipinski definition) is 0. The normalized spacial score (nSPS) is 18.9. The number of amides is 1. The molecule has 4 nitrogen and oxygen atoms in total. The molecule has 0 aliphatic carbocycles. The Morgan fingerprint density at radius 1 is 1.12 bits per heavy atom. The first kappa shape index (κ1) is 20.2. The van der Waals surface area contributed by atoms with Crippen molar-refractivity contribution >= 4 is 17.5 Å². The Balaban J connectivity index is 1.86. The highest BCUT2D eigenvalue weighted by Crippen LogP contribution is 2.19. The molecule has 1 aliphatic rings. The summed E-state index contributed by atoms with van der Waals surface area (Å²) < 4.78 is 0. The van der Waals surface area contributed by atoms with E-state index in [9.17, 15) is 4.79 Å². The minimum absolute atomic E-state index is 0.273. The summed E-state index contributed by atoms with van der Waals surface area (Å²) in [5, 5.41) is 0.737. The van der Waals surface area contributed by atoms with Gasteiger partial charge in [-0.2, -0.15) is 0 Å². The number of carbonyl (C=O) groups excluding carboxylic acids is 1. The number of likely N-dealkylation sites (N-methyl/N-ethyl adjacent to an activating group) is 2. The number of hydrogen-bond acceptors (Lipinski definition) is 3. The molecule has 1 aliphatic heterocycles. The van der Waals surface area contributed by atoms with Crippen molar-refractivity contribution in [3.8, 4) is 0 Å². The maximum absolute atomic E-state index is 12.5. The Kier molecular flexibility index (Phi) is 8.20. The summed E-state index contributed by atoms with van der Waals surface area (Å²) in [5.74, 6) is 0.273. The van der Waals surface area contributed by atoms with Crippen LogP contribution in [0.25, 0.3) is 0 Å². The highest BCUT2D eigenvalue weighted by atomic mass is 35.5. The van der Waals surface area contributed by atoms with Crippen molar-refractivity contribution in [2.75, 3.05) is 39.8 Å². The van der Waals surface area contributed by atoms with E-state index in [-0.39, 0.29) is 5.91 Å². The van der Waals surface area contributed by atoms with Gasteiger partial charge in [0.25, 0.3) is 0 Å². The average molecular weight is 366 g/mol. The summed E-state index contributed by atoms with van der Waals surface area (Å²) in [5.41, 5.74) is 1.14. The predicted octanol–water partition coefficient (Wildman–Crippen LogP) is 3.49. The predicted molar refractivity (Wildman–Crippen MR) is 105 cm³/mol. The van der Waals surface area contributed by atoms with Gasteiger partial charge in [-0.25, -0.2) is 0 Å². The van der Waals surface area contributed by atoms with Crippen LogP contribution in [-0.2, 0) is 11.3 Å². The fourth-order valence-electron chi connectivity index (χ4n) is 3.46. The molecule has 25 heavy (non-hydrogen) atoms. The van der Waals surface area contributed by atoms with Gasteiger partial charge in [-0.1, -0.05) is 37.6 Å².